The fourth-order valence-electron chi connectivity index (χ4n) is 1.28. The summed E-state index contributed by atoms with van der Waals surface area (Å²) in [7, 11) is 0. The first-order valence-corrected chi connectivity index (χ1v) is 3.99. The monoisotopic (exact) mass is 162 g/mol. The van der Waals surface area contributed by atoms with Crippen LogP contribution < -0.4 is 0 Å². The molecule has 0 heterocycles. The van der Waals surface area contributed by atoms with Crippen LogP contribution in [0.1, 0.15) is 13.3 Å². The van der Waals surface area contributed by atoms with E-state index in [-0.39, 0.29) is 11.8 Å². The maximum atomic E-state index is 10.5. The summed E-state index contributed by atoms with van der Waals surface area (Å²) in [5, 5.41) is 8.62. The molecule has 2 unspecified atom stereocenters. The van der Waals surface area contributed by atoms with Crippen LogP contribution in [0.5, 0.6) is 0 Å². The number of carbonyl (C=O) groups is 1. The Bertz CT molecular complexity index is 147. The lowest BCUT2D eigenvalue weighted by Gasteiger charge is -2.05. The molecule has 2 nitrogen and oxygen atoms in total. The van der Waals surface area contributed by atoms with Crippen molar-refractivity contribution in [2.45, 2.75) is 13.3 Å². The molecule has 10 heavy (non-hydrogen) atoms. The lowest BCUT2D eigenvalue weighted by Crippen LogP contribution is -2.17. The summed E-state index contributed by atoms with van der Waals surface area (Å²) >= 11 is 5.48. The zero-order chi connectivity index (χ0) is 7.72. The fourth-order valence-corrected chi connectivity index (χ4v) is 1.64. The van der Waals surface area contributed by atoms with E-state index in [0.717, 1.165) is 6.42 Å². The molecule has 1 aliphatic carbocycles. The zero-order valence-electron chi connectivity index (χ0n) is 5.88. The summed E-state index contributed by atoms with van der Waals surface area (Å²) in [4.78, 5) is 10.5. The first-order chi connectivity index (χ1) is 4.66. The molecule has 0 amide bonds. The molecule has 1 aliphatic rings. The van der Waals surface area contributed by atoms with Crippen LogP contribution in [-0.4, -0.2) is 17.0 Å². The smallest absolute Gasteiger partial charge is 0.307 e. The molecule has 3 atom stereocenters. The molecule has 0 saturated heterocycles. The van der Waals surface area contributed by atoms with Gasteiger partial charge in [-0.25, -0.2) is 0 Å². The zero-order valence-corrected chi connectivity index (χ0v) is 6.64. The third-order valence-corrected chi connectivity index (χ3v) is 2.50. The second-order valence-corrected chi connectivity index (χ2v) is 3.28. The molecular weight excluding hydrogens is 152 g/mol. The van der Waals surface area contributed by atoms with Crippen molar-refractivity contribution in [2.24, 2.45) is 17.8 Å². The van der Waals surface area contributed by atoms with Gasteiger partial charge in [-0.3, -0.25) is 4.79 Å². The molecule has 0 spiro atoms. The number of carboxylic acids is 1. The Balaban J connectivity index is 2.42. The maximum absolute atomic E-state index is 10.5. The van der Waals surface area contributed by atoms with Gasteiger partial charge in [0.1, 0.15) is 0 Å². The number of rotatable bonds is 3. The Labute approximate surface area is 65.2 Å². The molecular formula is C7H11ClO2. The van der Waals surface area contributed by atoms with Gasteiger partial charge in [-0.1, -0.05) is 6.92 Å². The summed E-state index contributed by atoms with van der Waals surface area (Å²) in [6.45, 7) is 2.06. The number of aliphatic carboxylic acids is 1. The van der Waals surface area contributed by atoms with Gasteiger partial charge in [0.25, 0.3) is 0 Å². The maximum Gasteiger partial charge on any atom is 0.307 e. The van der Waals surface area contributed by atoms with E-state index in [1.165, 1.54) is 0 Å². The predicted molar refractivity (Wildman–Crippen MR) is 39.1 cm³/mol. The lowest BCUT2D eigenvalue weighted by molar-refractivity contribution is -0.141. The van der Waals surface area contributed by atoms with Crippen molar-refractivity contribution in [3.05, 3.63) is 0 Å². The number of hydrogen-bond acceptors (Lipinski definition) is 1. The summed E-state index contributed by atoms with van der Waals surface area (Å²) in [5.41, 5.74) is 0. The van der Waals surface area contributed by atoms with Crippen LogP contribution in [0.2, 0.25) is 0 Å². The number of halogens is 1. The SMILES string of the molecule is CC1CC1[C@@H](CCl)C(=O)O. The van der Waals surface area contributed by atoms with Crippen molar-refractivity contribution >= 4 is 17.6 Å². The average Bonchev–Trinajstić information content (AvgIpc) is 2.48. The van der Waals surface area contributed by atoms with Crippen LogP contribution >= 0.6 is 11.6 Å². The summed E-state index contributed by atoms with van der Waals surface area (Å²) in [6, 6.07) is 0. The van der Waals surface area contributed by atoms with Crippen LogP contribution in [0.15, 0.2) is 0 Å². The van der Waals surface area contributed by atoms with Gasteiger partial charge < -0.3 is 5.11 Å². The minimum atomic E-state index is -0.746. The lowest BCUT2D eigenvalue weighted by atomic mass is 10.1. The third kappa shape index (κ3) is 1.43. The fraction of sp³-hybridized carbons (Fsp3) is 0.857. The molecule has 1 N–H and O–H groups in total. The quantitative estimate of drug-likeness (QED) is 0.640. The van der Waals surface area contributed by atoms with Gasteiger partial charge in [0.2, 0.25) is 0 Å². The van der Waals surface area contributed by atoms with Crippen LogP contribution in [0.4, 0.5) is 0 Å². The second kappa shape index (κ2) is 2.79. The van der Waals surface area contributed by atoms with Crippen molar-refractivity contribution in [1.29, 1.82) is 0 Å². The number of hydrogen-bond donors (Lipinski definition) is 1. The molecule has 1 fully saturated rings. The highest BCUT2D eigenvalue weighted by Crippen LogP contribution is 2.44. The van der Waals surface area contributed by atoms with Gasteiger partial charge >= 0.3 is 5.97 Å². The highest BCUT2D eigenvalue weighted by Gasteiger charge is 2.42. The number of carboxylic acid groups (broad SMARTS) is 1. The Hall–Kier alpha value is -0.240. The van der Waals surface area contributed by atoms with Crippen molar-refractivity contribution in [2.75, 3.05) is 5.88 Å². The molecule has 1 saturated carbocycles. The molecule has 0 aromatic heterocycles. The van der Waals surface area contributed by atoms with Crippen LogP contribution in [0.25, 0.3) is 0 Å². The normalized spacial score (nSPS) is 33.4. The van der Waals surface area contributed by atoms with Crippen molar-refractivity contribution in [1.82, 2.24) is 0 Å². The molecule has 1 rings (SSSR count). The van der Waals surface area contributed by atoms with E-state index in [2.05, 4.69) is 6.92 Å². The predicted octanol–water partition coefficient (Wildman–Crippen LogP) is 1.58. The third-order valence-electron chi connectivity index (χ3n) is 2.17. The van der Waals surface area contributed by atoms with Gasteiger partial charge in [-0.05, 0) is 18.3 Å². The van der Waals surface area contributed by atoms with Gasteiger partial charge in [0.05, 0.1) is 5.92 Å². The molecule has 0 radical (unpaired) electrons. The highest BCUT2D eigenvalue weighted by atomic mass is 35.5. The summed E-state index contributed by atoms with van der Waals surface area (Å²) < 4.78 is 0. The van der Waals surface area contributed by atoms with Gasteiger partial charge in [0.15, 0.2) is 0 Å². The van der Waals surface area contributed by atoms with Crippen LogP contribution in [-0.2, 0) is 4.79 Å². The molecule has 0 aliphatic heterocycles. The van der Waals surface area contributed by atoms with Crippen LogP contribution in [0.3, 0.4) is 0 Å². The molecule has 0 bridgehead atoms. The second-order valence-electron chi connectivity index (χ2n) is 2.98. The minimum Gasteiger partial charge on any atom is -0.481 e. The highest BCUT2D eigenvalue weighted by molar-refractivity contribution is 6.19. The average molecular weight is 163 g/mol. The largest absolute Gasteiger partial charge is 0.481 e. The standard InChI is InChI=1S/C7H11ClO2/c1-4-2-5(4)6(3-8)7(9)10/h4-6H,2-3H2,1H3,(H,9,10)/t4?,5?,6-/m1/s1. The molecule has 0 aromatic carbocycles. The van der Waals surface area contributed by atoms with E-state index in [0.29, 0.717) is 11.8 Å². The first kappa shape index (κ1) is 7.86. The van der Waals surface area contributed by atoms with E-state index in [1.807, 2.05) is 0 Å². The van der Waals surface area contributed by atoms with Gasteiger partial charge in [-0.15, -0.1) is 11.6 Å². The Morgan fingerprint density at radius 1 is 1.90 bits per heavy atom. The molecule has 58 valence electrons. The van der Waals surface area contributed by atoms with Crippen LogP contribution in [0, 0.1) is 17.8 Å². The summed E-state index contributed by atoms with van der Waals surface area (Å²) in [6.07, 6.45) is 1.03. The first-order valence-electron chi connectivity index (χ1n) is 3.45. The molecule has 3 heteroatoms. The minimum absolute atomic E-state index is 0.254. The van der Waals surface area contributed by atoms with E-state index in [4.69, 9.17) is 16.7 Å². The van der Waals surface area contributed by atoms with Crippen molar-refractivity contribution in [3.63, 3.8) is 0 Å². The Morgan fingerprint density at radius 2 is 2.40 bits per heavy atom. The van der Waals surface area contributed by atoms with E-state index >= 15 is 0 Å². The Kier molecular flexibility index (Phi) is 2.19. The Morgan fingerprint density at radius 3 is 2.50 bits per heavy atom. The summed E-state index contributed by atoms with van der Waals surface area (Å²) in [5.74, 6) is 0.112. The van der Waals surface area contributed by atoms with Gasteiger partial charge in [-0.2, -0.15) is 0 Å². The van der Waals surface area contributed by atoms with Crippen molar-refractivity contribution in [3.8, 4) is 0 Å². The van der Waals surface area contributed by atoms with Gasteiger partial charge in [0, 0.05) is 5.88 Å². The van der Waals surface area contributed by atoms with Crippen molar-refractivity contribution < 1.29 is 9.90 Å². The van der Waals surface area contributed by atoms with E-state index in [9.17, 15) is 4.79 Å². The molecule has 0 aromatic rings. The number of alkyl halides is 1. The topological polar surface area (TPSA) is 37.3 Å². The van der Waals surface area contributed by atoms with E-state index < -0.39 is 5.97 Å². The van der Waals surface area contributed by atoms with E-state index in [1.54, 1.807) is 0 Å².